The van der Waals surface area contributed by atoms with Crippen molar-refractivity contribution in [1.29, 1.82) is 0 Å². The summed E-state index contributed by atoms with van der Waals surface area (Å²) < 4.78 is 56.1. The van der Waals surface area contributed by atoms with Crippen molar-refractivity contribution in [1.82, 2.24) is 19.5 Å². The second-order valence-corrected chi connectivity index (χ2v) is 8.26. The predicted molar refractivity (Wildman–Crippen MR) is 118 cm³/mol. The quantitative estimate of drug-likeness (QED) is 0.417. The van der Waals surface area contributed by atoms with Crippen LogP contribution in [-0.4, -0.2) is 32.6 Å². The summed E-state index contributed by atoms with van der Waals surface area (Å²) in [7, 11) is 0. The van der Waals surface area contributed by atoms with Gasteiger partial charge in [0.25, 0.3) is 5.56 Å². The number of fused-ring (bicyclic) bond motifs is 1. The summed E-state index contributed by atoms with van der Waals surface area (Å²) in [5.41, 5.74) is 0.605. The lowest BCUT2D eigenvalue weighted by Gasteiger charge is -2.42. The van der Waals surface area contributed by atoms with Gasteiger partial charge in [0, 0.05) is 43.2 Å². The van der Waals surface area contributed by atoms with E-state index in [9.17, 15) is 22.4 Å². The number of anilines is 1. The third kappa shape index (κ3) is 3.78. The number of nitrogens with zero attached hydrogens (tertiary/aromatic N) is 5. The topological polar surface area (TPSA) is 63.9 Å². The van der Waals surface area contributed by atoms with E-state index < -0.39 is 23.8 Å². The number of halogens is 4. The summed E-state index contributed by atoms with van der Waals surface area (Å²) >= 11 is 0. The molecule has 0 bridgehead atoms. The summed E-state index contributed by atoms with van der Waals surface area (Å²) in [6, 6.07) is 8.61. The molecule has 0 amide bonds. The lowest BCUT2D eigenvalue weighted by molar-refractivity contribution is -0.138. The van der Waals surface area contributed by atoms with Crippen LogP contribution < -0.4 is 10.5 Å². The van der Waals surface area contributed by atoms with Crippen molar-refractivity contribution in [2.75, 3.05) is 18.0 Å². The minimum absolute atomic E-state index is 0.177. The van der Waals surface area contributed by atoms with Crippen LogP contribution >= 0.6 is 0 Å². The Morgan fingerprint density at radius 1 is 1.03 bits per heavy atom. The first-order valence-corrected chi connectivity index (χ1v) is 10.6. The molecule has 4 heterocycles. The van der Waals surface area contributed by atoms with E-state index in [1.54, 1.807) is 12.1 Å². The molecule has 1 aliphatic rings. The van der Waals surface area contributed by atoms with Crippen LogP contribution in [0.25, 0.3) is 11.2 Å². The van der Waals surface area contributed by atoms with Gasteiger partial charge in [0.1, 0.15) is 11.3 Å². The number of hydrogen-bond acceptors (Lipinski definition) is 5. The van der Waals surface area contributed by atoms with Gasteiger partial charge < -0.3 is 4.90 Å². The van der Waals surface area contributed by atoms with Crippen molar-refractivity contribution in [3.05, 3.63) is 93.5 Å². The zero-order valence-electron chi connectivity index (χ0n) is 18.1. The molecule has 0 unspecified atom stereocenters. The molecule has 1 aromatic carbocycles. The number of aryl methyl sites for hydroxylation is 1. The first kappa shape index (κ1) is 22.0. The average Bonchev–Trinajstić information content (AvgIpc) is 2.77. The number of aromatic nitrogens is 4. The second-order valence-electron chi connectivity index (χ2n) is 8.26. The summed E-state index contributed by atoms with van der Waals surface area (Å²) in [5.74, 6) is -0.565. The van der Waals surface area contributed by atoms with Gasteiger partial charge in [0.2, 0.25) is 0 Å². The van der Waals surface area contributed by atoms with Crippen molar-refractivity contribution in [3.8, 4) is 0 Å². The van der Waals surface area contributed by atoms with Crippen LogP contribution in [-0.2, 0) is 12.7 Å². The standard InChI is InChI=1S/C24H19F4N5O/c1-14-4-2-6-18(25)21(14)32-11-15(12-32)16-10-19-22(31-9-8-30-19)33(23(16)34)13-20-17(24(26,27)28)5-3-7-29-20/h2-10,15H,11-13H2,1H3. The molecule has 10 heteroatoms. The van der Waals surface area contributed by atoms with E-state index in [1.165, 1.54) is 35.3 Å². The van der Waals surface area contributed by atoms with Crippen LogP contribution in [0, 0.1) is 12.7 Å². The molecular weight excluding hydrogens is 450 g/mol. The normalized spacial score (nSPS) is 14.4. The Kier molecular flexibility index (Phi) is 5.30. The first-order chi connectivity index (χ1) is 16.2. The summed E-state index contributed by atoms with van der Waals surface area (Å²) in [5, 5.41) is 0. The first-order valence-electron chi connectivity index (χ1n) is 10.6. The molecule has 4 aromatic rings. The molecule has 0 atom stereocenters. The SMILES string of the molecule is Cc1cccc(F)c1N1CC(c2cc3nccnc3n(Cc3ncccc3C(F)(F)F)c2=O)C1. The fourth-order valence-electron chi connectivity index (χ4n) is 4.40. The molecule has 1 saturated heterocycles. The molecule has 0 N–H and O–H groups in total. The third-order valence-corrected chi connectivity index (χ3v) is 6.08. The highest BCUT2D eigenvalue weighted by Crippen LogP contribution is 2.35. The Hall–Kier alpha value is -3.82. The van der Waals surface area contributed by atoms with Crippen LogP contribution in [0.15, 0.2) is 59.8 Å². The van der Waals surface area contributed by atoms with Crippen molar-refractivity contribution in [2.24, 2.45) is 0 Å². The maximum Gasteiger partial charge on any atom is 0.418 e. The van der Waals surface area contributed by atoms with E-state index in [1.807, 2.05) is 17.9 Å². The van der Waals surface area contributed by atoms with Gasteiger partial charge in [-0.05, 0) is 36.8 Å². The molecule has 6 nitrogen and oxygen atoms in total. The van der Waals surface area contributed by atoms with Gasteiger partial charge >= 0.3 is 6.18 Å². The Balaban J connectivity index is 1.54. The molecule has 0 aliphatic carbocycles. The highest BCUT2D eigenvalue weighted by Gasteiger charge is 2.35. The maximum atomic E-state index is 14.4. The highest BCUT2D eigenvalue weighted by atomic mass is 19.4. The maximum absolute atomic E-state index is 14.4. The average molecular weight is 469 g/mol. The largest absolute Gasteiger partial charge is 0.418 e. The lowest BCUT2D eigenvalue weighted by atomic mass is 9.90. The van der Waals surface area contributed by atoms with E-state index in [-0.39, 0.29) is 23.1 Å². The van der Waals surface area contributed by atoms with Crippen LogP contribution in [0.3, 0.4) is 0 Å². The minimum Gasteiger partial charge on any atom is -0.368 e. The van der Waals surface area contributed by atoms with Crippen molar-refractivity contribution in [2.45, 2.75) is 25.6 Å². The Bertz CT molecular complexity index is 1420. The molecule has 34 heavy (non-hydrogen) atoms. The van der Waals surface area contributed by atoms with Gasteiger partial charge in [-0.15, -0.1) is 0 Å². The van der Waals surface area contributed by atoms with Crippen molar-refractivity contribution < 1.29 is 17.6 Å². The monoisotopic (exact) mass is 469 g/mol. The number of alkyl halides is 3. The molecular formula is C24H19F4N5O. The fourth-order valence-corrected chi connectivity index (χ4v) is 4.40. The molecule has 0 radical (unpaired) electrons. The van der Waals surface area contributed by atoms with Crippen LogP contribution in [0.1, 0.15) is 28.3 Å². The minimum atomic E-state index is -4.61. The van der Waals surface area contributed by atoms with Gasteiger partial charge in [-0.1, -0.05) is 12.1 Å². The summed E-state index contributed by atoms with van der Waals surface area (Å²) in [4.78, 5) is 27.6. The van der Waals surface area contributed by atoms with Gasteiger partial charge in [-0.2, -0.15) is 13.2 Å². The summed E-state index contributed by atoms with van der Waals surface area (Å²) in [6.45, 7) is 2.22. The number of pyridine rings is 2. The van der Waals surface area contributed by atoms with Crippen molar-refractivity contribution >= 4 is 16.9 Å². The van der Waals surface area contributed by atoms with E-state index in [4.69, 9.17) is 0 Å². The molecule has 1 fully saturated rings. The van der Waals surface area contributed by atoms with E-state index in [0.29, 0.717) is 29.9 Å². The van der Waals surface area contributed by atoms with Gasteiger partial charge in [-0.3, -0.25) is 19.3 Å². The third-order valence-electron chi connectivity index (χ3n) is 6.08. The fraction of sp³-hybridized carbons (Fsp3) is 0.250. The van der Waals surface area contributed by atoms with E-state index >= 15 is 0 Å². The Morgan fingerprint density at radius 2 is 1.79 bits per heavy atom. The smallest absolute Gasteiger partial charge is 0.368 e. The lowest BCUT2D eigenvalue weighted by Crippen LogP contribution is -2.48. The van der Waals surface area contributed by atoms with Crippen LogP contribution in [0.2, 0.25) is 0 Å². The zero-order chi connectivity index (χ0) is 24.0. The molecule has 5 rings (SSSR count). The Morgan fingerprint density at radius 3 is 2.53 bits per heavy atom. The van der Waals surface area contributed by atoms with Gasteiger partial charge in [0.15, 0.2) is 5.65 Å². The Labute approximate surface area is 191 Å². The van der Waals surface area contributed by atoms with Gasteiger partial charge in [-0.25, -0.2) is 9.37 Å². The number of rotatable bonds is 4. The molecule has 0 saturated carbocycles. The van der Waals surface area contributed by atoms with Crippen molar-refractivity contribution in [3.63, 3.8) is 0 Å². The predicted octanol–water partition coefficient (Wildman–Crippen LogP) is 4.30. The highest BCUT2D eigenvalue weighted by molar-refractivity contribution is 5.71. The van der Waals surface area contributed by atoms with E-state index in [0.717, 1.165) is 11.6 Å². The summed E-state index contributed by atoms with van der Waals surface area (Å²) in [6.07, 6.45) is -0.516. The number of hydrogen-bond donors (Lipinski definition) is 0. The van der Waals surface area contributed by atoms with Crippen LogP contribution in [0.4, 0.5) is 23.2 Å². The molecule has 3 aromatic heterocycles. The molecule has 1 aliphatic heterocycles. The van der Waals surface area contributed by atoms with Gasteiger partial charge in [0.05, 0.1) is 23.5 Å². The molecule has 0 spiro atoms. The van der Waals surface area contributed by atoms with Crippen LogP contribution in [0.5, 0.6) is 0 Å². The molecule has 174 valence electrons. The number of benzene rings is 1. The zero-order valence-corrected chi connectivity index (χ0v) is 18.1. The number of para-hydroxylation sites is 1. The van der Waals surface area contributed by atoms with E-state index in [2.05, 4.69) is 15.0 Å². The second kappa shape index (κ2) is 8.19.